The number of nitrogens with zero attached hydrogens (tertiary/aromatic N) is 1. The average Bonchev–Trinajstić information content (AvgIpc) is 2.55. The molecule has 1 aromatic rings. The Morgan fingerprint density at radius 3 is 2.17 bits per heavy atom. The van der Waals surface area contributed by atoms with Gasteiger partial charge in [-0.3, -0.25) is 19.3 Å². The Bertz CT molecular complexity index is 435. The fourth-order valence-electron chi connectivity index (χ4n) is 1.19. The fraction of sp³-hybridized carbons (Fsp3) is 0.385. The summed E-state index contributed by atoms with van der Waals surface area (Å²) in [6.07, 6.45) is 0. The lowest BCUT2D eigenvalue weighted by Gasteiger charge is -2.02. The van der Waals surface area contributed by atoms with Gasteiger partial charge in [-0.25, -0.2) is 5.48 Å². The molecule has 23 heavy (non-hydrogen) atoms. The second kappa shape index (κ2) is 18.6. The second-order valence-electron chi connectivity index (χ2n) is 3.93. The number of amides is 1. The number of carboxylic acids is 1. The third kappa shape index (κ3) is 20.6. The highest BCUT2D eigenvalue weighted by molar-refractivity contribution is 7.23. The van der Waals surface area contributed by atoms with Gasteiger partial charge in [0.15, 0.2) is 0 Å². The summed E-state index contributed by atoms with van der Waals surface area (Å²) in [5.41, 5.74) is 2.65. The Kier molecular flexibility index (Phi) is 19.3. The van der Waals surface area contributed by atoms with E-state index >= 15 is 0 Å². The molecule has 1 rings (SSSR count). The SMILES string of the molecule is CCNCC(=O)O.O=C(CNCc1ccccc1)NO.P=NP. The van der Waals surface area contributed by atoms with E-state index in [1.807, 2.05) is 37.3 Å². The summed E-state index contributed by atoms with van der Waals surface area (Å²) in [5, 5.41) is 21.7. The van der Waals surface area contributed by atoms with Gasteiger partial charge in [-0.2, -0.15) is 0 Å². The number of nitrogens with one attached hydrogen (secondary N) is 3. The van der Waals surface area contributed by atoms with Crippen LogP contribution in [0.1, 0.15) is 12.5 Å². The molecule has 0 saturated carbocycles. The van der Waals surface area contributed by atoms with Crippen molar-refractivity contribution in [1.82, 2.24) is 16.1 Å². The van der Waals surface area contributed by atoms with Crippen molar-refractivity contribution in [3.63, 3.8) is 0 Å². The highest BCUT2D eigenvalue weighted by Crippen LogP contribution is 1.96. The summed E-state index contributed by atoms with van der Waals surface area (Å²) in [5.74, 6) is -1.24. The maximum absolute atomic E-state index is 10.6. The van der Waals surface area contributed by atoms with Crippen molar-refractivity contribution in [1.29, 1.82) is 0 Å². The molecule has 0 heterocycles. The van der Waals surface area contributed by atoms with Crippen molar-refractivity contribution in [3.8, 4) is 0 Å². The van der Waals surface area contributed by atoms with Crippen LogP contribution in [0.4, 0.5) is 0 Å². The standard InChI is InChI=1S/C9H12N2O2.C4H9NO2.H3NP2/c12-9(11-13)7-10-6-8-4-2-1-3-5-8;1-2-5-3-4(6)7;2-1-3/h1-5,10,13H,6-7H2,(H,11,12);5H,2-3H2,1H3,(H,6,7);2H,3H2. The number of hydrogen-bond donors (Lipinski definition) is 5. The van der Waals surface area contributed by atoms with Crippen LogP contribution in [0.25, 0.3) is 0 Å². The Hall–Kier alpha value is -1.43. The molecule has 0 radical (unpaired) electrons. The molecular weight excluding hydrogens is 338 g/mol. The van der Waals surface area contributed by atoms with Crippen molar-refractivity contribution in [2.75, 3.05) is 19.6 Å². The Morgan fingerprint density at radius 1 is 1.22 bits per heavy atom. The van der Waals surface area contributed by atoms with Crippen molar-refractivity contribution >= 4 is 30.3 Å². The first-order valence-electron chi connectivity index (χ1n) is 6.68. The lowest BCUT2D eigenvalue weighted by Crippen LogP contribution is -2.31. The number of benzene rings is 1. The third-order valence-corrected chi connectivity index (χ3v) is 2.11. The van der Waals surface area contributed by atoms with E-state index < -0.39 is 11.9 Å². The maximum atomic E-state index is 10.6. The molecule has 1 amide bonds. The molecule has 0 fully saturated rings. The molecule has 1 unspecified atom stereocenters. The zero-order valence-corrected chi connectivity index (χ0v) is 15.1. The predicted molar refractivity (Wildman–Crippen MR) is 94.7 cm³/mol. The summed E-state index contributed by atoms with van der Waals surface area (Å²) in [7, 11) is 4.89. The van der Waals surface area contributed by atoms with Crippen LogP contribution in [0.3, 0.4) is 0 Å². The number of likely N-dealkylation sites (N-methyl/N-ethyl adjacent to an activating group) is 1. The van der Waals surface area contributed by atoms with E-state index in [2.05, 4.69) is 33.6 Å². The average molecular weight is 362 g/mol. The molecule has 0 aromatic heterocycles. The lowest BCUT2D eigenvalue weighted by molar-refractivity contribution is -0.136. The molecule has 0 bridgehead atoms. The summed E-state index contributed by atoms with van der Waals surface area (Å²) < 4.78 is 3.22. The molecule has 0 spiro atoms. The van der Waals surface area contributed by atoms with Crippen molar-refractivity contribution in [2.45, 2.75) is 13.5 Å². The summed E-state index contributed by atoms with van der Waals surface area (Å²) in [6, 6.07) is 9.73. The largest absolute Gasteiger partial charge is 0.480 e. The van der Waals surface area contributed by atoms with E-state index in [1.165, 1.54) is 0 Å². The van der Waals surface area contributed by atoms with Crippen molar-refractivity contribution in [2.24, 2.45) is 4.52 Å². The van der Waals surface area contributed by atoms with Gasteiger partial charge >= 0.3 is 5.97 Å². The quantitative estimate of drug-likeness (QED) is 0.281. The topological polar surface area (TPSA) is 123 Å². The molecule has 0 aliphatic carbocycles. The molecule has 0 aliphatic rings. The van der Waals surface area contributed by atoms with Crippen molar-refractivity contribution in [3.05, 3.63) is 35.9 Å². The monoisotopic (exact) mass is 362 g/mol. The van der Waals surface area contributed by atoms with Crippen LogP contribution < -0.4 is 16.1 Å². The summed E-state index contributed by atoms with van der Waals surface area (Å²) in [4.78, 5) is 20.3. The number of aliphatic carboxylic acids is 1. The third-order valence-electron chi connectivity index (χ3n) is 2.11. The first-order valence-corrected chi connectivity index (χ1v) is 7.64. The smallest absolute Gasteiger partial charge is 0.317 e. The van der Waals surface area contributed by atoms with Gasteiger partial charge in [-0.1, -0.05) is 37.3 Å². The minimum atomic E-state index is -0.804. The Morgan fingerprint density at radius 2 is 1.78 bits per heavy atom. The number of rotatable bonds is 7. The fourth-order valence-corrected chi connectivity index (χ4v) is 1.19. The number of carbonyl (C=O) groups excluding carboxylic acids is 1. The minimum absolute atomic E-state index is 0.0660. The second-order valence-corrected chi connectivity index (χ2v) is 4.96. The zero-order valence-electron chi connectivity index (χ0n) is 13.0. The van der Waals surface area contributed by atoms with Gasteiger partial charge in [0, 0.05) is 6.54 Å². The summed E-state index contributed by atoms with van der Waals surface area (Å²) >= 11 is 0. The van der Waals surface area contributed by atoms with Gasteiger partial charge in [0.05, 0.1) is 13.1 Å². The first-order chi connectivity index (χ1) is 11.0. The van der Waals surface area contributed by atoms with Gasteiger partial charge < -0.3 is 15.7 Å². The van der Waals surface area contributed by atoms with E-state index in [9.17, 15) is 9.59 Å². The van der Waals surface area contributed by atoms with Crippen LogP contribution in [-0.4, -0.2) is 41.8 Å². The van der Waals surface area contributed by atoms with E-state index in [4.69, 9.17) is 10.3 Å². The van der Waals surface area contributed by atoms with E-state index in [0.717, 1.165) is 5.56 Å². The van der Waals surface area contributed by atoms with E-state index in [1.54, 1.807) is 5.48 Å². The first kappa shape index (κ1) is 23.8. The van der Waals surface area contributed by atoms with Gasteiger partial charge in [0.1, 0.15) is 0 Å². The summed E-state index contributed by atoms with van der Waals surface area (Å²) in [6.45, 7) is 3.38. The Labute approximate surface area is 140 Å². The molecule has 1 atom stereocenters. The molecule has 1 aromatic carbocycles. The minimum Gasteiger partial charge on any atom is -0.480 e. The maximum Gasteiger partial charge on any atom is 0.317 e. The van der Waals surface area contributed by atoms with Crippen LogP contribution >= 0.6 is 18.4 Å². The highest BCUT2D eigenvalue weighted by Gasteiger charge is 1.96. The van der Waals surface area contributed by atoms with Crippen LogP contribution in [0.5, 0.6) is 0 Å². The normalized spacial score (nSPS) is 8.65. The van der Waals surface area contributed by atoms with Crippen LogP contribution in [-0.2, 0) is 16.1 Å². The van der Waals surface area contributed by atoms with Crippen LogP contribution in [0.15, 0.2) is 34.8 Å². The predicted octanol–water partition coefficient (Wildman–Crippen LogP) is 1.07. The van der Waals surface area contributed by atoms with Crippen molar-refractivity contribution < 1.29 is 19.9 Å². The number of carboxylic acid groups (broad SMARTS) is 1. The Balaban J connectivity index is 0. The lowest BCUT2D eigenvalue weighted by atomic mass is 10.2. The number of hydrogen-bond acceptors (Lipinski definition) is 6. The molecule has 0 aliphatic heterocycles. The number of hydroxylamine groups is 1. The van der Waals surface area contributed by atoms with Gasteiger partial charge in [-0.15, -0.1) is 0 Å². The molecular formula is C13H24N4O4P2. The van der Waals surface area contributed by atoms with E-state index in [0.29, 0.717) is 13.1 Å². The molecule has 8 nitrogen and oxygen atoms in total. The van der Waals surface area contributed by atoms with Crippen LogP contribution in [0.2, 0.25) is 0 Å². The number of carbonyl (C=O) groups is 2. The zero-order chi connectivity index (χ0) is 17.9. The molecule has 0 saturated heterocycles. The molecule has 130 valence electrons. The van der Waals surface area contributed by atoms with E-state index in [-0.39, 0.29) is 13.1 Å². The highest BCUT2D eigenvalue weighted by atomic mass is 31.1. The van der Waals surface area contributed by atoms with Gasteiger partial charge in [0.25, 0.3) is 5.91 Å². The van der Waals surface area contributed by atoms with Gasteiger partial charge in [0.2, 0.25) is 0 Å². The van der Waals surface area contributed by atoms with Gasteiger partial charge in [-0.05, 0) is 30.5 Å². The van der Waals surface area contributed by atoms with Crippen LogP contribution in [0, 0.1) is 0 Å². The molecule has 10 heteroatoms. The molecule has 5 N–H and O–H groups in total.